The molecule has 0 aliphatic carbocycles. The number of nitrogens with one attached hydrogen (secondary N) is 2. The Balaban J connectivity index is 1.52. The van der Waals surface area contributed by atoms with E-state index in [9.17, 15) is 18.0 Å². The summed E-state index contributed by atoms with van der Waals surface area (Å²) >= 11 is 6.15. The van der Waals surface area contributed by atoms with E-state index in [4.69, 9.17) is 11.6 Å². The third kappa shape index (κ3) is 5.31. The molecule has 0 aliphatic heterocycles. The molecule has 6 nitrogen and oxygen atoms in total. The first kappa shape index (κ1) is 24.5. The van der Waals surface area contributed by atoms with Crippen molar-refractivity contribution in [3.63, 3.8) is 0 Å². The average Bonchev–Trinajstić information content (AvgIpc) is 3.27. The second-order valence-corrected chi connectivity index (χ2v) is 8.73. The van der Waals surface area contributed by atoms with Gasteiger partial charge in [-0.05, 0) is 48.0 Å². The first-order valence-corrected chi connectivity index (χ1v) is 11.7. The van der Waals surface area contributed by atoms with Crippen LogP contribution in [0.5, 0.6) is 0 Å². The van der Waals surface area contributed by atoms with Gasteiger partial charge in [0.1, 0.15) is 11.6 Å². The van der Waals surface area contributed by atoms with Gasteiger partial charge in [0.15, 0.2) is 0 Å². The number of rotatable bonds is 7. The van der Waals surface area contributed by atoms with Crippen LogP contribution in [0.15, 0.2) is 79.3 Å². The summed E-state index contributed by atoms with van der Waals surface area (Å²) in [5, 5.41) is 3.09. The summed E-state index contributed by atoms with van der Waals surface area (Å²) < 4.78 is 39.9. The van der Waals surface area contributed by atoms with Crippen LogP contribution in [0.2, 0.25) is 5.02 Å². The highest BCUT2D eigenvalue weighted by atomic mass is 35.5. The van der Waals surface area contributed by atoms with Gasteiger partial charge in [-0.2, -0.15) is 0 Å². The Bertz CT molecular complexity index is 1560. The van der Waals surface area contributed by atoms with Gasteiger partial charge in [0.2, 0.25) is 12.3 Å². The predicted octanol–water partition coefficient (Wildman–Crippen LogP) is 6.86. The molecule has 0 radical (unpaired) electrons. The average molecular weight is 522 g/mol. The molecule has 1 atom stereocenters. The molecule has 0 spiro atoms. The molecule has 5 rings (SSSR count). The van der Waals surface area contributed by atoms with Crippen LogP contribution in [-0.2, 0) is 4.79 Å². The molecule has 0 fully saturated rings. The van der Waals surface area contributed by atoms with Crippen LogP contribution in [0.25, 0.3) is 33.5 Å². The highest BCUT2D eigenvalue weighted by molar-refractivity contribution is 6.31. The first-order chi connectivity index (χ1) is 17.9. The molecular formula is C27H19ClF3N5O. The van der Waals surface area contributed by atoms with E-state index in [1.807, 2.05) is 12.1 Å². The van der Waals surface area contributed by atoms with Gasteiger partial charge < -0.3 is 10.3 Å². The van der Waals surface area contributed by atoms with E-state index in [0.717, 1.165) is 17.7 Å². The Hall–Kier alpha value is -4.24. The minimum atomic E-state index is -2.73. The van der Waals surface area contributed by atoms with E-state index >= 15 is 0 Å². The minimum Gasteiger partial charge on any atom is -0.353 e. The van der Waals surface area contributed by atoms with Gasteiger partial charge in [-0.3, -0.25) is 14.8 Å². The molecule has 37 heavy (non-hydrogen) atoms. The van der Waals surface area contributed by atoms with Gasteiger partial charge in [-0.1, -0.05) is 29.8 Å². The summed E-state index contributed by atoms with van der Waals surface area (Å²) in [4.78, 5) is 29.5. The third-order valence-electron chi connectivity index (χ3n) is 5.82. The fourth-order valence-electron chi connectivity index (χ4n) is 4.16. The molecule has 4 heterocycles. The van der Waals surface area contributed by atoms with E-state index in [-0.39, 0.29) is 11.4 Å². The molecule has 0 bridgehead atoms. The zero-order valence-electron chi connectivity index (χ0n) is 19.1. The second kappa shape index (κ2) is 10.4. The molecule has 4 aromatic heterocycles. The van der Waals surface area contributed by atoms with Gasteiger partial charge in [0.25, 0.3) is 0 Å². The standard InChI is InChI=1S/C27H19ClF3N5O/c28-17-12-21-26(34-14-17)24(20-3-1-2-9-32-20)25(35-21)16-8-10-33-23(11-16)36-27(37)19(13-22(30)31)15-4-6-18(29)7-5-15/h1-12,14,19,22,35H,13H2,(H,33,36,37). The number of benzene rings is 1. The predicted molar refractivity (Wildman–Crippen MR) is 136 cm³/mol. The van der Waals surface area contributed by atoms with Crippen LogP contribution in [0, 0.1) is 5.82 Å². The number of aromatic nitrogens is 4. The van der Waals surface area contributed by atoms with E-state index in [1.54, 1.807) is 36.7 Å². The number of hydrogen-bond donors (Lipinski definition) is 2. The molecule has 0 aliphatic rings. The number of pyridine rings is 3. The number of amides is 1. The lowest BCUT2D eigenvalue weighted by Gasteiger charge is -2.17. The smallest absolute Gasteiger partial charge is 0.239 e. The maximum Gasteiger partial charge on any atom is 0.239 e. The molecule has 1 amide bonds. The lowest BCUT2D eigenvalue weighted by atomic mass is 9.95. The number of anilines is 1. The van der Waals surface area contributed by atoms with Gasteiger partial charge in [-0.15, -0.1) is 0 Å². The summed E-state index contributed by atoms with van der Waals surface area (Å²) in [6.45, 7) is 0. The van der Waals surface area contributed by atoms with Crippen molar-refractivity contribution in [2.45, 2.75) is 18.8 Å². The van der Waals surface area contributed by atoms with Crippen LogP contribution < -0.4 is 5.32 Å². The fourth-order valence-corrected chi connectivity index (χ4v) is 4.32. The molecule has 10 heteroatoms. The molecular weight excluding hydrogens is 503 g/mol. The Morgan fingerprint density at radius 2 is 1.81 bits per heavy atom. The molecule has 0 saturated heterocycles. The summed E-state index contributed by atoms with van der Waals surface area (Å²) in [7, 11) is 0. The summed E-state index contributed by atoms with van der Waals surface area (Å²) in [5.41, 5.74) is 4.38. The van der Waals surface area contributed by atoms with E-state index in [1.165, 1.54) is 18.3 Å². The van der Waals surface area contributed by atoms with Crippen molar-refractivity contribution < 1.29 is 18.0 Å². The van der Waals surface area contributed by atoms with E-state index < -0.39 is 30.5 Å². The van der Waals surface area contributed by atoms with Gasteiger partial charge in [0, 0.05) is 30.6 Å². The van der Waals surface area contributed by atoms with Crippen molar-refractivity contribution in [2.75, 3.05) is 5.32 Å². The van der Waals surface area contributed by atoms with Crippen molar-refractivity contribution in [1.82, 2.24) is 19.9 Å². The Morgan fingerprint density at radius 3 is 2.54 bits per heavy atom. The van der Waals surface area contributed by atoms with E-state index in [2.05, 4.69) is 25.3 Å². The Labute approximate surface area is 214 Å². The zero-order valence-corrected chi connectivity index (χ0v) is 19.9. The highest BCUT2D eigenvalue weighted by Gasteiger charge is 2.26. The van der Waals surface area contributed by atoms with Gasteiger partial charge in [-0.25, -0.2) is 18.2 Å². The van der Waals surface area contributed by atoms with Crippen molar-refractivity contribution in [2.24, 2.45) is 0 Å². The highest BCUT2D eigenvalue weighted by Crippen LogP contribution is 2.37. The quantitative estimate of drug-likeness (QED) is 0.245. The van der Waals surface area contributed by atoms with Gasteiger partial charge in [0.05, 0.1) is 38.9 Å². The number of fused-ring (bicyclic) bond motifs is 1. The molecule has 2 N–H and O–H groups in total. The topological polar surface area (TPSA) is 83.6 Å². The largest absolute Gasteiger partial charge is 0.353 e. The van der Waals surface area contributed by atoms with Crippen LogP contribution in [0.1, 0.15) is 17.9 Å². The van der Waals surface area contributed by atoms with Crippen LogP contribution in [0.4, 0.5) is 19.0 Å². The molecule has 186 valence electrons. The second-order valence-electron chi connectivity index (χ2n) is 8.29. The lowest BCUT2D eigenvalue weighted by Crippen LogP contribution is -2.23. The number of carbonyl (C=O) groups is 1. The van der Waals surface area contributed by atoms with E-state index in [0.29, 0.717) is 33.0 Å². The minimum absolute atomic E-state index is 0.167. The van der Waals surface area contributed by atoms with Crippen molar-refractivity contribution >= 4 is 34.4 Å². The number of hydrogen-bond acceptors (Lipinski definition) is 4. The normalized spacial score (nSPS) is 12.1. The molecule has 1 aromatic carbocycles. The Morgan fingerprint density at radius 1 is 1.00 bits per heavy atom. The van der Waals surface area contributed by atoms with Crippen LogP contribution in [-0.4, -0.2) is 32.3 Å². The monoisotopic (exact) mass is 521 g/mol. The summed E-state index contributed by atoms with van der Waals surface area (Å²) in [6, 6.07) is 15.6. The number of aromatic amines is 1. The molecule has 0 saturated carbocycles. The van der Waals surface area contributed by atoms with Crippen molar-refractivity contribution in [1.29, 1.82) is 0 Å². The first-order valence-electron chi connectivity index (χ1n) is 11.3. The summed E-state index contributed by atoms with van der Waals surface area (Å²) in [5.74, 6) is -2.21. The molecule has 5 aromatic rings. The Kier molecular flexibility index (Phi) is 6.87. The number of nitrogens with zero attached hydrogens (tertiary/aromatic N) is 3. The molecule has 1 unspecified atom stereocenters. The zero-order chi connectivity index (χ0) is 25.9. The number of alkyl halides is 2. The maximum absolute atomic E-state index is 13.3. The number of halogens is 4. The van der Waals surface area contributed by atoms with Crippen LogP contribution >= 0.6 is 11.6 Å². The van der Waals surface area contributed by atoms with Crippen molar-refractivity contribution in [3.05, 3.63) is 95.7 Å². The third-order valence-corrected chi connectivity index (χ3v) is 6.03. The SMILES string of the molecule is O=C(Nc1cc(-c2[nH]c3cc(Cl)cnc3c2-c2ccccn2)ccn1)C(CC(F)F)c1ccc(F)cc1. The van der Waals surface area contributed by atoms with Crippen LogP contribution in [0.3, 0.4) is 0 Å². The van der Waals surface area contributed by atoms with Gasteiger partial charge >= 0.3 is 0 Å². The summed E-state index contributed by atoms with van der Waals surface area (Å²) in [6.07, 6.45) is 1.27. The fraction of sp³-hybridized carbons (Fsp3) is 0.111. The maximum atomic E-state index is 13.3. The number of carbonyl (C=O) groups excluding carboxylic acids is 1. The van der Waals surface area contributed by atoms with Crippen molar-refractivity contribution in [3.8, 4) is 22.5 Å². The number of H-pyrrole nitrogens is 1. The lowest BCUT2D eigenvalue weighted by molar-refractivity contribution is -0.118.